The predicted octanol–water partition coefficient (Wildman–Crippen LogP) is 2.09. The maximum Gasteiger partial charge on any atom is 0.411 e. The van der Waals surface area contributed by atoms with E-state index in [1.165, 1.54) is 7.11 Å². The Bertz CT molecular complexity index is 389. The van der Waals surface area contributed by atoms with Crippen LogP contribution >= 0.6 is 0 Å². The van der Waals surface area contributed by atoms with Crippen molar-refractivity contribution in [2.75, 3.05) is 26.5 Å². The molecule has 0 heterocycles. The number of benzene rings is 1. The number of ether oxygens (including phenoxy) is 1. The zero-order chi connectivity index (χ0) is 12.0. The number of hydrogen-bond donors (Lipinski definition) is 1. The molecule has 0 aliphatic carbocycles. The van der Waals surface area contributed by atoms with Gasteiger partial charge >= 0.3 is 6.09 Å². The quantitative estimate of drug-likeness (QED) is 0.628. The number of nitrogens with one attached hydrogen (secondary N) is 1. The maximum atomic E-state index is 11.0. The monoisotopic (exact) mass is 221 g/mol. The summed E-state index contributed by atoms with van der Waals surface area (Å²) in [6, 6.07) is 7.19. The van der Waals surface area contributed by atoms with Crippen molar-refractivity contribution in [1.82, 2.24) is 4.90 Å². The molecule has 86 valence electrons. The predicted molar refractivity (Wildman–Crippen MR) is 64.3 cm³/mol. The van der Waals surface area contributed by atoms with Gasteiger partial charge < -0.3 is 9.64 Å². The molecule has 1 aromatic rings. The minimum Gasteiger partial charge on any atom is -0.453 e. The van der Waals surface area contributed by atoms with Gasteiger partial charge in [-0.05, 0) is 18.2 Å². The van der Waals surface area contributed by atoms with Crippen LogP contribution in [-0.4, -0.2) is 38.5 Å². The lowest BCUT2D eigenvalue weighted by molar-refractivity contribution is 0.187. The number of carbonyl (C=O) groups excluding carboxylic acids is 1. The Balaban J connectivity index is 2.75. The summed E-state index contributed by atoms with van der Waals surface area (Å²) in [7, 11) is 5.10. The van der Waals surface area contributed by atoms with Gasteiger partial charge in [0.15, 0.2) is 0 Å². The van der Waals surface area contributed by atoms with Gasteiger partial charge in [0, 0.05) is 19.8 Å². The van der Waals surface area contributed by atoms with Gasteiger partial charge in [0.25, 0.3) is 0 Å². The van der Waals surface area contributed by atoms with E-state index in [2.05, 4.69) is 15.0 Å². The molecule has 0 bridgehead atoms. The molecular formula is C11H15N3O2. The molecule has 0 aromatic heterocycles. The Kier molecular flexibility index (Phi) is 4.32. The number of rotatable bonds is 3. The van der Waals surface area contributed by atoms with Gasteiger partial charge in [0.1, 0.15) is 0 Å². The van der Waals surface area contributed by atoms with Crippen molar-refractivity contribution in [2.45, 2.75) is 0 Å². The van der Waals surface area contributed by atoms with Crippen molar-refractivity contribution in [3.05, 3.63) is 24.3 Å². The van der Waals surface area contributed by atoms with E-state index in [1.54, 1.807) is 18.5 Å². The summed E-state index contributed by atoms with van der Waals surface area (Å²) in [5, 5.41) is 2.57. The molecule has 5 nitrogen and oxygen atoms in total. The fourth-order valence-electron chi connectivity index (χ4n) is 1.01. The second-order valence-corrected chi connectivity index (χ2v) is 3.38. The third kappa shape index (κ3) is 4.00. The van der Waals surface area contributed by atoms with Crippen LogP contribution in [-0.2, 0) is 4.74 Å². The number of hydrogen-bond acceptors (Lipinski definition) is 3. The third-order valence-corrected chi connectivity index (χ3v) is 1.72. The summed E-state index contributed by atoms with van der Waals surface area (Å²) in [5.74, 6) is 0. The molecule has 0 fully saturated rings. The lowest BCUT2D eigenvalue weighted by Gasteiger charge is -2.05. The lowest BCUT2D eigenvalue weighted by Crippen LogP contribution is -2.10. The van der Waals surface area contributed by atoms with Crippen LogP contribution in [0.2, 0.25) is 0 Å². The molecule has 0 saturated heterocycles. The number of methoxy groups -OCH3 is 1. The SMILES string of the molecule is COC(=O)Nc1cccc(N=CN(C)C)c1. The van der Waals surface area contributed by atoms with Crippen LogP contribution in [0.5, 0.6) is 0 Å². The highest BCUT2D eigenvalue weighted by molar-refractivity contribution is 5.85. The Morgan fingerprint density at radius 1 is 1.50 bits per heavy atom. The summed E-state index contributed by atoms with van der Waals surface area (Å²) in [4.78, 5) is 17.0. The first kappa shape index (κ1) is 12.0. The molecule has 1 aromatic carbocycles. The van der Waals surface area contributed by atoms with Gasteiger partial charge in [-0.1, -0.05) is 6.07 Å². The average molecular weight is 221 g/mol. The lowest BCUT2D eigenvalue weighted by atomic mass is 10.3. The third-order valence-electron chi connectivity index (χ3n) is 1.72. The molecular weight excluding hydrogens is 206 g/mol. The zero-order valence-electron chi connectivity index (χ0n) is 9.60. The Hall–Kier alpha value is -2.04. The van der Waals surface area contributed by atoms with E-state index in [0.29, 0.717) is 5.69 Å². The Labute approximate surface area is 94.7 Å². The van der Waals surface area contributed by atoms with Crippen molar-refractivity contribution in [3.63, 3.8) is 0 Å². The smallest absolute Gasteiger partial charge is 0.411 e. The average Bonchev–Trinajstić information content (AvgIpc) is 2.26. The fraction of sp³-hybridized carbons (Fsp3) is 0.273. The second-order valence-electron chi connectivity index (χ2n) is 3.38. The number of aliphatic imine (C=N–C) groups is 1. The van der Waals surface area contributed by atoms with Gasteiger partial charge in [0.05, 0.1) is 19.1 Å². The van der Waals surface area contributed by atoms with Crippen molar-refractivity contribution in [3.8, 4) is 0 Å². The number of amides is 1. The normalized spacial score (nSPS) is 10.2. The van der Waals surface area contributed by atoms with E-state index in [4.69, 9.17) is 0 Å². The van der Waals surface area contributed by atoms with Crippen LogP contribution in [0.1, 0.15) is 0 Å². The van der Waals surface area contributed by atoms with Crippen LogP contribution in [0.25, 0.3) is 0 Å². The fourth-order valence-corrected chi connectivity index (χ4v) is 1.01. The minimum atomic E-state index is -0.492. The van der Waals surface area contributed by atoms with Crippen molar-refractivity contribution in [1.29, 1.82) is 0 Å². The molecule has 0 aliphatic rings. The van der Waals surface area contributed by atoms with E-state index >= 15 is 0 Å². The molecule has 5 heteroatoms. The standard InChI is InChI=1S/C11H15N3O2/c1-14(2)8-12-9-5-4-6-10(7-9)13-11(15)16-3/h4-8H,1-3H3,(H,13,15). The number of carbonyl (C=O) groups is 1. The first-order chi connectivity index (χ1) is 7.61. The molecule has 16 heavy (non-hydrogen) atoms. The summed E-state index contributed by atoms with van der Waals surface area (Å²) < 4.78 is 4.50. The minimum absolute atomic E-state index is 0.492. The first-order valence-electron chi connectivity index (χ1n) is 4.77. The molecule has 0 unspecified atom stereocenters. The van der Waals surface area contributed by atoms with Crippen LogP contribution in [0.3, 0.4) is 0 Å². The molecule has 0 spiro atoms. The molecule has 1 N–H and O–H groups in total. The van der Waals surface area contributed by atoms with E-state index in [9.17, 15) is 4.79 Å². The summed E-state index contributed by atoms with van der Waals surface area (Å²) in [6.07, 6.45) is 1.20. The van der Waals surface area contributed by atoms with Crippen LogP contribution in [0.15, 0.2) is 29.3 Å². The molecule has 0 aliphatic heterocycles. The highest BCUT2D eigenvalue weighted by Crippen LogP contribution is 2.17. The Morgan fingerprint density at radius 3 is 2.88 bits per heavy atom. The summed E-state index contributed by atoms with van der Waals surface area (Å²) >= 11 is 0. The van der Waals surface area contributed by atoms with E-state index in [-0.39, 0.29) is 0 Å². The Morgan fingerprint density at radius 2 is 2.25 bits per heavy atom. The van der Waals surface area contributed by atoms with Crippen LogP contribution in [0, 0.1) is 0 Å². The molecule has 1 rings (SSSR count). The largest absolute Gasteiger partial charge is 0.453 e. The highest BCUT2D eigenvalue weighted by atomic mass is 16.5. The van der Waals surface area contributed by atoms with E-state index in [1.807, 2.05) is 31.1 Å². The molecule has 0 saturated carbocycles. The summed E-state index contributed by atoms with van der Waals surface area (Å²) in [5.41, 5.74) is 1.42. The van der Waals surface area contributed by atoms with E-state index in [0.717, 1.165) is 5.69 Å². The van der Waals surface area contributed by atoms with Crippen LogP contribution < -0.4 is 5.32 Å². The van der Waals surface area contributed by atoms with Crippen molar-refractivity contribution < 1.29 is 9.53 Å². The number of anilines is 1. The maximum absolute atomic E-state index is 11.0. The van der Waals surface area contributed by atoms with Crippen molar-refractivity contribution >= 4 is 23.8 Å². The van der Waals surface area contributed by atoms with Crippen LogP contribution in [0.4, 0.5) is 16.2 Å². The van der Waals surface area contributed by atoms with Gasteiger partial charge in [-0.25, -0.2) is 9.79 Å². The topological polar surface area (TPSA) is 53.9 Å². The first-order valence-corrected chi connectivity index (χ1v) is 4.77. The summed E-state index contributed by atoms with van der Waals surface area (Å²) in [6.45, 7) is 0. The highest BCUT2D eigenvalue weighted by Gasteiger charge is 2.00. The molecule has 0 radical (unpaired) electrons. The van der Waals surface area contributed by atoms with Gasteiger partial charge in [-0.2, -0.15) is 0 Å². The number of nitrogens with zero attached hydrogens (tertiary/aromatic N) is 2. The van der Waals surface area contributed by atoms with E-state index < -0.39 is 6.09 Å². The molecule has 0 atom stereocenters. The van der Waals surface area contributed by atoms with Gasteiger partial charge in [-0.3, -0.25) is 5.32 Å². The van der Waals surface area contributed by atoms with Gasteiger partial charge in [0.2, 0.25) is 0 Å². The second kappa shape index (κ2) is 5.75. The van der Waals surface area contributed by atoms with Crippen molar-refractivity contribution in [2.24, 2.45) is 4.99 Å². The van der Waals surface area contributed by atoms with Gasteiger partial charge in [-0.15, -0.1) is 0 Å². The molecule has 1 amide bonds. The zero-order valence-corrected chi connectivity index (χ0v) is 9.60.